The number of hydrogen-bond acceptors (Lipinski definition) is 5. The number of aliphatic hydroxyl groups excluding tert-OH is 1. The van der Waals surface area contributed by atoms with Gasteiger partial charge in [-0.1, -0.05) is 44.1 Å². The maximum Gasteiger partial charge on any atom is 0.408 e. The molecular weight excluding hydrogens is 365 g/mol. The van der Waals surface area contributed by atoms with Crippen molar-refractivity contribution in [1.82, 2.24) is 5.32 Å². The molecule has 0 spiro atoms. The van der Waals surface area contributed by atoms with E-state index < -0.39 is 17.8 Å². The van der Waals surface area contributed by atoms with Gasteiger partial charge < -0.3 is 15.2 Å². The lowest BCUT2D eigenvalue weighted by Gasteiger charge is -2.22. The topological polar surface area (TPSA) is 92.7 Å². The van der Waals surface area contributed by atoms with Crippen molar-refractivity contribution in [3.8, 4) is 0 Å². The summed E-state index contributed by atoms with van der Waals surface area (Å²) in [6.45, 7) is 7.53. The largest absolute Gasteiger partial charge is 0.444 e. The number of ether oxygens (including phenoxy) is 1. The van der Waals surface area contributed by atoms with Crippen molar-refractivity contribution in [3.05, 3.63) is 47.8 Å². The van der Waals surface area contributed by atoms with Gasteiger partial charge in [0.2, 0.25) is 0 Å². The minimum absolute atomic E-state index is 0.197. The minimum Gasteiger partial charge on any atom is -0.444 e. The average molecular weight is 395 g/mol. The number of carbonyl (C=O) groups is 1. The SMILES string of the molecule is CCCC[C@H](/C=C/[C@@H](O)Cc1ccc(F)cc1)NC(=O)OC(C)(C)C.O=C=O. The summed E-state index contributed by atoms with van der Waals surface area (Å²) in [5, 5.41) is 13.0. The molecule has 0 aromatic heterocycles. The molecule has 0 aliphatic carbocycles. The van der Waals surface area contributed by atoms with Crippen molar-refractivity contribution in [2.45, 2.75) is 71.1 Å². The molecule has 1 aromatic carbocycles. The monoisotopic (exact) mass is 395 g/mol. The van der Waals surface area contributed by atoms with Crippen LogP contribution in [0.25, 0.3) is 0 Å². The Kier molecular flexibility index (Phi) is 12.4. The second kappa shape index (κ2) is 13.6. The zero-order valence-electron chi connectivity index (χ0n) is 16.9. The highest BCUT2D eigenvalue weighted by atomic mass is 19.1. The number of benzene rings is 1. The molecule has 156 valence electrons. The van der Waals surface area contributed by atoms with Crippen molar-refractivity contribution in [2.24, 2.45) is 0 Å². The lowest BCUT2D eigenvalue weighted by Crippen LogP contribution is -2.38. The highest BCUT2D eigenvalue weighted by Gasteiger charge is 2.18. The van der Waals surface area contributed by atoms with Crippen molar-refractivity contribution >= 4 is 12.2 Å². The standard InChI is InChI=1S/C20H30FNO3.CO2/c1-5-6-7-17(22-19(24)25-20(2,3)4)12-13-18(23)14-15-8-10-16(21)11-9-15;2-1-3/h8-13,17-18,23H,5-7,14H2,1-4H3,(H,22,24);/b13-12+;/t17-,18-;/m1./s1. The molecule has 2 N–H and O–H groups in total. The predicted molar refractivity (Wildman–Crippen MR) is 103 cm³/mol. The van der Waals surface area contributed by atoms with E-state index in [-0.39, 0.29) is 18.0 Å². The molecule has 0 unspecified atom stereocenters. The van der Waals surface area contributed by atoms with E-state index in [4.69, 9.17) is 14.3 Å². The van der Waals surface area contributed by atoms with Gasteiger partial charge in [-0.15, -0.1) is 0 Å². The van der Waals surface area contributed by atoms with Crippen LogP contribution in [-0.2, 0) is 20.7 Å². The zero-order chi connectivity index (χ0) is 21.6. The number of hydrogen-bond donors (Lipinski definition) is 2. The third kappa shape index (κ3) is 13.7. The van der Waals surface area contributed by atoms with E-state index in [1.54, 1.807) is 24.3 Å². The fourth-order valence-electron chi connectivity index (χ4n) is 2.29. The lowest BCUT2D eigenvalue weighted by atomic mass is 10.0. The summed E-state index contributed by atoms with van der Waals surface area (Å²) < 4.78 is 18.2. The van der Waals surface area contributed by atoms with Gasteiger partial charge in [0.1, 0.15) is 11.4 Å². The average Bonchev–Trinajstić information content (AvgIpc) is 2.58. The summed E-state index contributed by atoms with van der Waals surface area (Å²) in [5.74, 6) is -0.296. The van der Waals surface area contributed by atoms with E-state index in [2.05, 4.69) is 12.2 Å². The molecule has 28 heavy (non-hydrogen) atoms. The summed E-state index contributed by atoms with van der Waals surface area (Å²) >= 11 is 0. The Bertz CT molecular complexity index is 631. The zero-order valence-corrected chi connectivity index (χ0v) is 16.9. The van der Waals surface area contributed by atoms with Crippen LogP contribution in [0.2, 0.25) is 0 Å². The number of alkyl carbamates (subject to hydrolysis) is 1. The number of rotatable bonds is 8. The normalized spacial score (nSPS) is 13.1. The van der Waals surface area contributed by atoms with Crippen molar-refractivity contribution in [1.29, 1.82) is 0 Å². The lowest BCUT2D eigenvalue weighted by molar-refractivity contribution is -0.191. The third-order valence-electron chi connectivity index (χ3n) is 3.49. The van der Waals surface area contributed by atoms with E-state index in [1.807, 2.05) is 20.8 Å². The van der Waals surface area contributed by atoms with E-state index in [0.29, 0.717) is 6.42 Å². The van der Waals surface area contributed by atoms with Crippen molar-refractivity contribution < 1.29 is 28.6 Å². The van der Waals surface area contributed by atoms with Gasteiger partial charge in [0.05, 0.1) is 12.1 Å². The second-order valence-corrected chi connectivity index (χ2v) is 7.26. The van der Waals surface area contributed by atoms with Gasteiger partial charge in [-0.25, -0.2) is 9.18 Å². The Hall–Kier alpha value is -2.50. The van der Waals surface area contributed by atoms with E-state index in [9.17, 15) is 14.3 Å². The number of amides is 1. The summed E-state index contributed by atoms with van der Waals surface area (Å²) in [5.41, 5.74) is 0.300. The summed E-state index contributed by atoms with van der Waals surface area (Å²) in [7, 11) is 0. The van der Waals surface area contributed by atoms with Crippen LogP contribution in [0.4, 0.5) is 9.18 Å². The Morgan fingerprint density at radius 2 is 1.82 bits per heavy atom. The number of carbonyl (C=O) groups excluding carboxylic acids is 3. The van der Waals surface area contributed by atoms with Crippen LogP contribution in [0.1, 0.15) is 52.5 Å². The fourth-order valence-corrected chi connectivity index (χ4v) is 2.29. The van der Waals surface area contributed by atoms with Crippen molar-refractivity contribution in [2.75, 3.05) is 0 Å². The number of unbranched alkanes of at least 4 members (excludes halogenated alkanes) is 1. The first-order valence-electron chi connectivity index (χ1n) is 9.21. The molecule has 1 rings (SSSR count). The highest BCUT2D eigenvalue weighted by Crippen LogP contribution is 2.10. The Labute approximate surface area is 165 Å². The quantitative estimate of drug-likeness (QED) is 0.654. The molecule has 2 atom stereocenters. The second-order valence-electron chi connectivity index (χ2n) is 7.26. The van der Waals surface area contributed by atoms with Gasteiger partial charge in [-0.3, -0.25) is 0 Å². The van der Waals surface area contributed by atoms with Crippen LogP contribution >= 0.6 is 0 Å². The molecule has 0 fully saturated rings. The molecule has 0 saturated heterocycles. The molecule has 0 radical (unpaired) electrons. The maximum atomic E-state index is 12.9. The molecule has 0 aliphatic rings. The van der Waals surface area contributed by atoms with Crippen LogP contribution < -0.4 is 5.32 Å². The van der Waals surface area contributed by atoms with E-state index in [0.717, 1.165) is 24.8 Å². The molecule has 1 aromatic rings. The molecule has 6 nitrogen and oxygen atoms in total. The summed E-state index contributed by atoms with van der Waals surface area (Å²) in [6, 6.07) is 5.86. The molecule has 7 heteroatoms. The van der Waals surface area contributed by atoms with Crippen LogP contribution in [0.3, 0.4) is 0 Å². The number of aliphatic hydroxyl groups is 1. The Morgan fingerprint density at radius 3 is 2.32 bits per heavy atom. The number of halogens is 1. The first kappa shape index (κ1) is 25.5. The van der Waals surface area contributed by atoms with E-state index in [1.165, 1.54) is 12.1 Å². The first-order chi connectivity index (χ1) is 13.1. The molecule has 0 saturated carbocycles. The molecule has 0 bridgehead atoms. The highest BCUT2D eigenvalue weighted by molar-refractivity contribution is 5.68. The molecular formula is C21H30FNO5. The van der Waals surface area contributed by atoms with Gasteiger partial charge in [-0.05, 0) is 44.9 Å². The van der Waals surface area contributed by atoms with Crippen LogP contribution in [-0.4, -0.2) is 35.1 Å². The Balaban J connectivity index is 0.00000227. The minimum atomic E-state index is -0.699. The maximum absolute atomic E-state index is 12.9. The van der Waals surface area contributed by atoms with Crippen LogP contribution in [0.15, 0.2) is 36.4 Å². The van der Waals surface area contributed by atoms with Gasteiger partial charge in [0.25, 0.3) is 0 Å². The third-order valence-corrected chi connectivity index (χ3v) is 3.49. The molecule has 0 aliphatic heterocycles. The fraction of sp³-hybridized carbons (Fsp3) is 0.524. The van der Waals surface area contributed by atoms with Gasteiger partial charge in [-0.2, -0.15) is 9.59 Å². The number of nitrogens with one attached hydrogen (secondary N) is 1. The van der Waals surface area contributed by atoms with Gasteiger partial charge in [0.15, 0.2) is 0 Å². The van der Waals surface area contributed by atoms with Crippen LogP contribution in [0.5, 0.6) is 0 Å². The van der Waals surface area contributed by atoms with Crippen molar-refractivity contribution in [3.63, 3.8) is 0 Å². The first-order valence-corrected chi connectivity index (χ1v) is 9.21. The Morgan fingerprint density at radius 1 is 1.25 bits per heavy atom. The smallest absolute Gasteiger partial charge is 0.408 e. The van der Waals surface area contributed by atoms with Gasteiger partial charge in [0, 0.05) is 6.42 Å². The predicted octanol–water partition coefficient (Wildman–Crippen LogP) is 3.79. The molecule has 1 amide bonds. The summed E-state index contributed by atoms with van der Waals surface area (Å²) in [4.78, 5) is 28.2. The molecule has 0 heterocycles. The van der Waals surface area contributed by atoms with Gasteiger partial charge >= 0.3 is 12.2 Å². The van der Waals surface area contributed by atoms with Crippen LogP contribution in [0, 0.1) is 5.82 Å². The summed E-state index contributed by atoms with van der Waals surface area (Å²) in [6.07, 6.45) is 5.69. The van der Waals surface area contributed by atoms with E-state index >= 15 is 0 Å².